The number of benzene rings is 2. The van der Waals surface area contributed by atoms with Crippen LogP contribution < -0.4 is 4.90 Å². The van der Waals surface area contributed by atoms with Crippen LogP contribution in [-0.4, -0.2) is 18.7 Å². The normalized spacial score (nSPS) is 10.4. The van der Waals surface area contributed by atoms with E-state index in [0.29, 0.717) is 6.54 Å². The lowest BCUT2D eigenvalue weighted by Gasteiger charge is -2.23. The molecule has 0 radical (unpaired) electrons. The zero-order valence-corrected chi connectivity index (χ0v) is 13.6. The largest absolute Gasteiger partial charge is 0.308 e. The van der Waals surface area contributed by atoms with Gasteiger partial charge in [0.1, 0.15) is 0 Å². The maximum Gasteiger partial charge on any atom is 0.258 e. The monoisotopic (exact) mass is 299 g/mol. The molecule has 2 aromatic carbocycles. The quantitative estimate of drug-likeness (QED) is 0.808. The van der Waals surface area contributed by atoms with Gasteiger partial charge in [0.05, 0.1) is 0 Å². The number of thioether (sulfide) groups is 1. The zero-order valence-electron chi connectivity index (χ0n) is 12.8. The first-order valence-corrected chi connectivity index (χ1v) is 8.52. The number of rotatable bonds is 5. The van der Waals surface area contributed by atoms with Crippen molar-refractivity contribution in [2.75, 3.05) is 17.7 Å². The van der Waals surface area contributed by atoms with Gasteiger partial charge in [-0.05, 0) is 49.4 Å². The fraction of sp³-hybridized carbons (Fsp3) is 0.278. The van der Waals surface area contributed by atoms with Gasteiger partial charge in [0.15, 0.2) is 0 Å². The van der Waals surface area contributed by atoms with Crippen molar-refractivity contribution < 1.29 is 4.79 Å². The van der Waals surface area contributed by atoms with Crippen molar-refractivity contribution in [1.82, 2.24) is 0 Å². The molecule has 2 aromatic rings. The average molecular weight is 299 g/mol. The fourth-order valence-corrected chi connectivity index (χ4v) is 2.88. The van der Waals surface area contributed by atoms with Crippen molar-refractivity contribution in [1.29, 1.82) is 0 Å². The fourth-order valence-electron chi connectivity index (χ4n) is 2.36. The van der Waals surface area contributed by atoms with Crippen LogP contribution in [0.5, 0.6) is 0 Å². The second-order valence-electron chi connectivity index (χ2n) is 4.97. The highest BCUT2D eigenvalue weighted by atomic mass is 32.2. The molecule has 0 heterocycles. The lowest BCUT2D eigenvalue weighted by atomic mass is 10.1. The van der Waals surface area contributed by atoms with Crippen LogP contribution in [0.1, 0.15) is 28.4 Å². The van der Waals surface area contributed by atoms with Gasteiger partial charge in [0.2, 0.25) is 0 Å². The molecule has 2 nitrogen and oxygen atoms in total. The van der Waals surface area contributed by atoms with E-state index in [1.165, 1.54) is 5.56 Å². The van der Waals surface area contributed by atoms with E-state index >= 15 is 0 Å². The minimum absolute atomic E-state index is 0.0579. The Labute approximate surface area is 131 Å². The molecule has 0 aliphatic heterocycles. The summed E-state index contributed by atoms with van der Waals surface area (Å²) in [4.78, 5) is 14.6. The molecule has 0 atom stereocenters. The highest BCUT2D eigenvalue weighted by Gasteiger charge is 2.17. The Bertz CT molecular complexity index is 607. The summed E-state index contributed by atoms with van der Waals surface area (Å²) in [6.07, 6.45) is 2.08. The van der Waals surface area contributed by atoms with Crippen molar-refractivity contribution in [2.45, 2.75) is 19.6 Å². The summed E-state index contributed by atoms with van der Waals surface area (Å²) in [6.45, 7) is 4.70. The van der Waals surface area contributed by atoms with Gasteiger partial charge in [-0.1, -0.05) is 30.3 Å². The lowest BCUT2D eigenvalue weighted by molar-refractivity contribution is 0.0988. The molecule has 0 saturated heterocycles. The van der Waals surface area contributed by atoms with Crippen LogP contribution in [0.15, 0.2) is 48.5 Å². The first-order valence-electron chi connectivity index (χ1n) is 7.12. The van der Waals surface area contributed by atoms with Crippen molar-refractivity contribution in [3.05, 3.63) is 65.2 Å². The summed E-state index contributed by atoms with van der Waals surface area (Å²) in [5.41, 5.74) is 4.09. The standard InChI is InChI=1S/C18H21NOS/c1-4-19(17-8-6-5-7-14(17)2)18(20)16-11-9-15(10-12-16)13-21-3/h5-12H,4,13H2,1-3H3. The lowest BCUT2D eigenvalue weighted by Crippen LogP contribution is -2.31. The van der Waals surface area contributed by atoms with Crippen LogP contribution in [0.25, 0.3) is 0 Å². The molecule has 0 aliphatic carbocycles. The SMILES string of the molecule is CCN(C(=O)c1ccc(CSC)cc1)c1ccccc1C. The minimum Gasteiger partial charge on any atom is -0.308 e. The molecular weight excluding hydrogens is 278 g/mol. The number of carbonyl (C=O) groups is 1. The number of anilines is 1. The first kappa shape index (κ1) is 15.6. The Morgan fingerprint density at radius 2 is 1.76 bits per heavy atom. The van der Waals surface area contributed by atoms with E-state index in [1.54, 1.807) is 11.8 Å². The first-order chi connectivity index (χ1) is 10.2. The van der Waals surface area contributed by atoms with E-state index in [-0.39, 0.29) is 5.91 Å². The molecule has 110 valence electrons. The highest BCUT2D eigenvalue weighted by Crippen LogP contribution is 2.22. The molecular formula is C18H21NOS. The number of aryl methyl sites for hydroxylation is 1. The smallest absolute Gasteiger partial charge is 0.258 e. The zero-order chi connectivity index (χ0) is 15.2. The number of hydrogen-bond acceptors (Lipinski definition) is 2. The molecule has 0 fully saturated rings. The Hall–Kier alpha value is -1.74. The summed E-state index contributed by atoms with van der Waals surface area (Å²) in [5.74, 6) is 1.03. The second kappa shape index (κ2) is 7.32. The van der Waals surface area contributed by atoms with Gasteiger partial charge in [0.25, 0.3) is 5.91 Å². The predicted molar refractivity (Wildman–Crippen MR) is 92.2 cm³/mol. The van der Waals surface area contributed by atoms with E-state index < -0.39 is 0 Å². The van der Waals surface area contributed by atoms with Gasteiger partial charge in [-0.2, -0.15) is 11.8 Å². The van der Waals surface area contributed by atoms with E-state index in [4.69, 9.17) is 0 Å². The third kappa shape index (κ3) is 3.67. The molecule has 0 saturated carbocycles. The van der Waals surface area contributed by atoms with Crippen LogP contribution in [0.4, 0.5) is 5.69 Å². The number of carbonyl (C=O) groups excluding carboxylic acids is 1. The molecule has 3 heteroatoms. The molecule has 21 heavy (non-hydrogen) atoms. The summed E-state index contributed by atoms with van der Waals surface area (Å²) in [5, 5.41) is 0. The summed E-state index contributed by atoms with van der Waals surface area (Å²) in [7, 11) is 0. The van der Waals surface area contributed by atoms with E-state index in [2.05, 4.69) is 6.26 Å². The maximum absolute atomic E-state index is 12.7. The van der Waals surface area contributed by atoms with Gasteiger partial charge in [0, 0.05) is 23.5 Å². The Morgan fingerprint density at radius 3 is 2.33 bits per heavy atom. The van der Waals surface area contributed by atoms with E-state index in [9.17, 15) is 4.79 Å². The molecule has 0 N–H and O–H groups in total. The Morgan fingerprint density at radius 1 is 1.10 bits per heavy atom. The van der Waals surface area contributed by atoms with Crippen LogP contribution in [-0.2, 0) is 5.75 Å². The third-order valence-corrected chi connectivity index (χ3v) is 4.10. The van der Waals surface area contributed by atoms with Crippen molar-refractivity contribution in [3.63, 3.8) is 0 Å². The molecule has 0 spiro atoms. The van der Waals surface area contributed by atoms with Gasteiger partial charge < -0.3 is 4.90 Å². The van der Waals surface area contributed by atoms with Crippen molar-refractivity contribution in [3.8, 4) is 0 Å². The predicted octanol–water partition coefficient (Wildman–Crippen LogP) is 4.52. The van der Waals surface area contributed by atoms with Crippen LogP contribution in [0.2, 0.25) is 0 Å². The highest BCUT2D eigenvalue weighted by molar-refractivity contribution is 7.97. The topological polar surface area (TPSA) is 20.3 Å². The Balaban J connectivity index is 2.26. The average Bonchev–Trinajstić information content (AvgIpc) is 2.51. The number of amides is 1. The Kier molecular flexibility index (Phi) is 5.45. The van der Waals surface area contributed by atoms with Gasteiger partial charge in [-0.25, -0.2) is 0 Å². The van der Waals surface area contributed by atoms with Crippen molar-refractivity contribution in [2.24, 2.45) is 0 Å². The van der Waals surface area contributed by atoms with Gasteiger partial charge in [-0.15, -0.1) is 0 Å². The molecule has 2 rings (SSSR count). The molecule has 0 aliphatic rings. The third-order valence-electron chi connectivity index (χ3n) is 3.48. The minimum atomic E-state index is 0.0579. The summed E-state index contributed by atoms with van der Waals surface area (Å²) >= 11 is 1.78. The van der Waals surface area contributed by atoms with E-state index in [0.717, 1.165) is 22.6 Å². The van der Waals surface area contributed by atoms with Crippen molar-refractivity contribution >= 4 is 23.4 Å². The van der Waals surface area contributed by atoms with Crippen LogP contribution in [0, 0.1) is 6.92 Å². The number of nitrogens with zero attached hydrogens (tertiary/aromatic N) is 1. The second-order valence-corrected chi connectivity index (χ2v) is 5.83. The molecule has 0 aromatic heterocycles. The number of hydrogen-bond donors (Lipinski definition) is 0. The molecule has 1 amide bonds. The molecule has 0 bridgehead atoms. The van der Waals surface area contributed by atoms with E-state index in [1.807, 2.05) is 67.3 Å². The van der Waals surface area contributed by atoms with Crippen LogP contribution >= 0.6 is 11.8 Å². The number of para-hydroxylation sites is 1. The van der Waals surface area contributed by atoms with Gasteiger partial charge in [-0.3, -0.25) is 4.79 Å². The summed E-state index contributed by atoms with van der Waals surface area (Å²) < 4.78 is 0. The molecule has 0 unspecified atom stereocenters. The maximum atomic E-state index is 12.7. The summed E-state index contributed by atoms with van der Waals surface area (Å²) in [6, 6.07) is 15.9. The van der Waals surface area contributed by atoms with Gasteiger partial charge >= 0.3 is 0 Å². The van der Waals surface area contributed by atoms with Crippen LogP contribution in [0.3, 0.4) is 0 Å².